The van der Waals surface area contributed by atoms with Crippen molar-refractivity contribution in [3.63, 3.8) is 0 Å². The Morgan fingerprint density at radius 3 is 2.86 bits per heavy atom. The third-order valence-corrected chi connectivity index (χ3v) is 3.47. The van der Waals surface area contributed by atoms with Crippen molar-refractivity contribution in [2.75, 3.05) is 13.1 Å². The maximum absolute atomic E-state index is 5.71. The number of hydrogen-bond donors (Lipinski definition) is 1. The number of aromatic nitrogens is 2. The van der Waals surface area contributed by atoms with Crippen LogP contribution in [0.15, 0.2) is 17.6 Å². The number of piperidine rings is 1. The quantitative estimate of drug-likeness (QED) is 0.787. The minimum Gasteiger partial charge on any atom is -0.316 e. The molecular formula is C9H12ClN3S. The van der Waals surface area contributed by atoms with Crippen LogP contribution in [0.25, 0.3) is 0 Å². The summed E-state index contributed by atoms with van der Waals surface area (Å²) in [5.74, 6) is 0. The van der Waals surface area contributed by atoms with Crippen LogP contribution < -0.4 is 5.32 Å². The second-order valence-corrected chi connectivity index (χ2v) is 4.97. The molecule has 14 heavy (non-hydrogen) atoms. The van der Waals surface area contributed by atoms with Gasteiger partial charge in [0, 0.05) is 11.8 Å². The van der Waals surface area contributed by atoms with E-state index in [4.69, 9.17) is 11.6 Å². The molecule has 0 aromatic carbocycles. The molecule has 1 saturated heterocycles. The van der Waals surface area contributed by atoms with Gasteiger partial charge in [0.25, 0.3) is 0 Å². The molecule has 1 aliphatic rings. The van der Waals surface area contributed by atoms with Gasteiger partial charge in [0.2, 0.25) is 0 Å². The fourth-order valence-corrected chi connectivity index (χ4v) is 2.54. The molecule has 0 bridgehead atoms. The summed E-state index contributed by atoms with van der Waals surface area (Å²) in [6.45, 7) is 2.19. The fourth-order valence-electron chi connectivity index (χ4n) is 1.43. The van der Waals surface area contributed by atoms with Gasteiger partial charge in [-0.05, 0) is 19.4 Å². The van der Waals surface area contributed by atoms with E-state index in [2.05, 4.69) is 15.3 Å². The van der Waals surface area contributed by atoms with Crippen LogP contribution in [0, 0.1) is 0 Å². The van der Waals surface area contributed by atoms with Gasteiger partial charge >= 0.3 is 0 Å². The molecule has 1 atom stereocenters. The van der Waals surface area contributed by atoms with E-state index in [-0.39, 0.29) is 0 Å². The van der Waals surface area contributed by atoms with E-state index >= 15 is 0 Å². The van der Waals surface area contributed by atoms with Gasteiger partial charge in [-0.3, -0.25) is 0 Å². The van der Waals surface area contributed by atoms with Crippen molar-refractivity contribution in [1.82, 2.24) is 15.3 Å². The Morgan fingerprint density at radius 1 is 1.43 bits per heavy atom. The van der Waals surface area contributed by atoms with Gasteiger partial charge in [-0.15, -0.1) is 0 Å². The molecule has 1 aliphatic heterocycles. The predicted octanol–water partition coefficient (Wildman–Crippen LogP) is 1.97. The molecule has 0 unspecified atom stereocenters. The van der Waals surface area contributed by atoms with Gasteiger partial charge in [-0.1, -0.05) is 23.4 Å². The largest absolute Gasteiger partial charge is 0.316 e. The summed E-state index contributed by atoms with van der Waals surface area (Å²) in [7, 11) is 0. The average molecular weight is 230 g/mol. The monoisotopic (exact) mass is 229 g/mol. The van der Waals surface area contributed by atoms with E-state index in [0.29, 0.717) is 10.3 Å². The van der Waals surface area contributed by atoms with Gasteiger partial charge in [0.1, 0.15) is 0 Å². The van der Waals surface area contributed by atoms with E-state index in [1.165, 1.54) is 12.8 Å². The highest BCUT2D eigenvalue weighted by Crippen LogP contribution is 2.24. The summed E-state index contributed by atoms with van der Waals surface area (Å²) < 4.78 is 0. The van der Waals surface area contributed by atoms with Crippen LogP contribution >= 0.6 is 23.4 Å². The Labute approximate surface area is 92.7 Å². The number of rotatable bonds is 2. The lowest BCUT2D eigenvalue weighted by atomic mass is 10.2. The SMILES string of the molecule is Clc1cnc(S[C@H]2CCCNC2)nc1. The lowest BCUT2D eigenvalue weighted by Crippen LogP contribution is -2.31. The van der Waals surface area contributed by atoms with Gasteiger partial charge in [0.15, 0.2) is 5.16 Å². The standard InChI is InChI=1S/C9H12ClN3S/c10-7-4-12-9(13-5-7)14-8-2-1-3-11-6-8/h4-5,8,11H,1-3,6H2/t8-/m0/s1. The Hall–Kier alpha value is -0.320. The van der Waals surface area contributed by atoms with E-state index in [0.717, 1.165) is 18.2 Å². The first-order valence-corrected chi connectivity index (χ1v) is 5.95. The summed E-state index contributed by atoms with van der Waals surface area (Å²) in [6, 6.07) is 0. The Morgan fingerprint density at radius 2 is 2.21 bits per heavy atom. The summed E-state index contributed by atoms with van der Waals surface area (Å²) >= 11 is 7.44. The van der Waals surface area contributed by atoms with Crippen molar-refractivity contribution in [2.45, 2.75) is 23.2 Å². The molecule has 1 fully saturated rings. The van der Waals surface area contributed by atoms with Crippen molar-refractivity contribution in [1.29, 1.82) is 0 Å². The Bertz CT molecular complexity index is 285. The molecule has 1 aromatic heterocycles. The maximum Gasteiger partial charge on any atom is 0.187 e. The number of nitrogens with one attached hydrogen (secondary N) is 1. The molecular weight excluding hydrogens is 218 g/mol. The number of thioether (sulfide) groups is 1. The number of nitrogens with zero attached hydrogens (tertiary/aromatic N) is 2. The first-order chi connectivity index (χ1) is 6.84. The second-order valence-electron chi connectivity index (χ2n) is 3.27. The highest BCUT2D eigenvalue weighted by atomic mass is 35.5. The highest BCUT2D eigenvalue weighted by Gasteiger charge is 2.15. The molecule has 0 aliphatic carbocycles. The lowest BCUT2D eigenvalue weighted by Gasteiger charge is -2.21. The van der Waals surface area contributed by atoms with Gasteiger partial charge in [-0.25, -0.2) is 9.97 Å². The van der Waals surface area contributed by atoms with Crippen LogP contribution in [0.2, 0.25) is 5.02 Å². The third kappa shape index (κ3) is 2.83. The van der Waals surface area contributed by atoms with Crippen LogP contribution in [-0.4, -0.2) is 28.3 Å². The second kappa shape index (κ2) is 4.96. The molecule has 3 nitrogen and oxygen atoms in total. The van der Waals surface area contributed by atoms with Gasteiger partial charge < -0.3 is 5.32 Å². The van der Waals surface area contributed by atoms with Crippen molar-refractivity contribution in [3.05, 3.63) is 17.4 Å². The summed E-state index contributed by atoms with van der Waals surface area (Å²) in [5.41, 5.74) is 0. The zero-order valence-corrected chi connectivity index (χ0v) is 9.31. The van der Waals surface area contributed by atoms with Crippen molar-refractivity contribution >= 4 is 23.4 Å². The number of hydrogen-bond acceptors (Lipinski definition) is 4. The first kappa shape index (κ1) is 10.2. The lowest BCUT2D eigenvalue weighted by molar-refractivity contribution is 0.530. The minimum absolute atomic E-state index is 0.594. The van der Waals surface area contributed by atoms with E-state index in [9.17, 15) is 0 Å². The van der Waals surface area contributed by atoms with Crippen molar-refractivity contribution < 1.29 is 0 Å². The van der Waals surface area contributed by atoms with Crippen molar-refractivity contribution in [3.8, 4) is 0 Å². The van der Waals surface area contributed by atoms with E-state index < -0.39 is 0 Å². The topological polar surface area (TPSA) is 37.8 Å². The first-order valence-electron chi connectivity index (χ1n) is 4.69. The Balaban J connectivity index is 1.92. The molecule has 1 aromatic rings. The smallest absolute Gasteiger partial charge is 0.187 e. The molecule has 0 amide bonds. The highest BCUT2D eigenvalue weighted by molar-refractivity contribution is 7.99. The molecule has 2 rings (SSSR count). The predicted molar refractivity (Wildman–Crippen MR) is 58.8 cm³/mol. The molecule has 5 heteroatoms. The van der Waals surface area contributed by atoms with Gasteiger partial charge in [-0.2, -0.15) is 0 Å². The normalized spacial score (nSPS) is 22.2. The van der Waals surface area contributed by atoms with E-state index in [1.807, 2.05) is 0 Å². The summed E-state index contributed by atoms with van der Waals surface area (Å²) in [6.07, 6.45) is 5.77. The molecule has 0 spiro atoms. The molecule has 0 saturated carbocycles. The molecule has 76 valence electrons. The van der Waals surface area contributed by atoms with Crippen LogP contribution in [0.1, 0.15) is 12.8 Å². The molecule has 2 heterocycles. The van der Waals surface area contributed by atoms with Crippen LogP contribution in [0.4, 0.5) is 0 Å². The van der Waals surface area contributed by atoms with Crippen LogP contribution in [-0.2, 0) is 0 Å². The fraction of sp³-hybridized carbons (Fsp3) is 0.556. The van der Waals surface area contributed by atoms with Crippen LogP contribution in [0.3, 0.4) is 0 Å². The summed E-state index contributed by atoms with van der Waals surface area (Å²) in [5, 5.41) is 5.38. The zero-order valence-electron chi connectivity index (χ0n) is 7.74. The Kier molecular flexibility index (Phi) is 3.61. The number of halogens is 1. The van der Waals surface area contributed by atoms with Crippen LogP contribution in [0.5, 0.6) is 0 Å². The maximum atomic E-state index is 5.71. The van der Waals surface area contributed by atoms with E-state index in [1.54, 1.807) is 24.2 Å². The third-order valence-electron chi connectivity index (χ3n) is 2.12. The minimum atomic E-state index is 0.594. The van der Waals surface area contributed by atoms with Crippen molar-refractivity contribution in [2.24, 2.45) is 0 Å². The molecule has 1 N–H and O–H groups in total. The summed E-state index contributed by atoms with van der Waals surface area (Å²) in [4.78, 5) is 8.33. The molecule has 0 radical (unpaired) electrons. The van der Waals surface area contributed by atoms with Gasteiger partial charge in [0.05, 0.1) is 17.4 Å². The average Bonchev–Trinajstić information content (AvgIpc) is 2.23. The zero-order chi connectivity index (χ0) is 9.80.